The van der Waals surface area contributed by atoms with Gasteiger partial charge in [-0.3, -0.25) is 9.59 Å². The van der Waals surface area contributed by atoms with E-state index in [2.05, 4.69) is 27.4 Å². The summed E-state index contributed by atoms with van der Waals surface area (Å²) in [7, 11) is 1.95. The maximum atomic E-state index is 13.6. The standard InChI is InChI=1S/C36H47FN6O3/c1-4-5-6-7-8-9-10-15-34(45)46-27(2)43-33(44)20-23-38-35(43)40(3)30-21-24-41(25-22-30)36-39-31-13-11-12-14-32(31)42(36)26-28-16-18-29(37)19-17-28/h11-14,16-20,23,27,30H,4-10,15,21-22,24-26H2,1-3H3. The van der Waals surface area contributed by atoms with Gasteiger partial charge in [0.15, 0.2) is 6.23 Å². The Morgan fingerprint density at radius 3 is 2.43 bits per heavy atom. The van der Waals surface area contributed by atoms with Crippen molar-refractivity contribution >= 4 is 28.9 Å². The third-order valence-electron chi connectivity index (χ3n) is 9.01. The number of hydrogen-bond donors (Lipinski definition) is 0. The first-order valence-corrected chi connectivity index (χ1v) is 16.8. The van der Waals surface area contributed by atoms with E-state index in [1.807, 2.05) is 42.3 Å². The van der Waals surface area contributed by atoms with Gasteiger partial charge in [0.25, 0.3) is 5.56 Å². The molecule has 0 bridgehead atoms. The summed E-state index contributed by atoms with van der Waals surface area (Å²) in [5, 5.41) is 0. The maximum absolute atomic E-state index is 13.6. The van der Waals surface area contributed by atoms with Crippen molar-refractivity contribution in [2.24, 2.45) is 0 Å². The zero-order chi connectivity index (χ0) is 32.5. The number of fused-ring (bicyclic) bond motifs is 1. The lowest BCUT2D eigenvalue weighted by Crippen LogP contribution is -2.46. The third kappa shape index (κ3) is 8.13. The monoisotopic (exact) mass is 630 g/mol. The molecule has 10 heteroatoms. The Morgan fingerprint density at radius 1 is 1.00 bits per heavy atom. The van der Waals surface area contributed by atoms with Crippen molar-refractivity contribution in [3.8, 4) is 0 Å². The van der Waals surface area contributed by atoms with E-state index in [4.69, 9.17) is 9.72 Å². The van der Waals surface area contributed by atoms with E-state index in [9.17, 15) is 14.0 Å². The van der Waals surface area contributed by atoms with E-state index in [1.54, 1.807) is 6.92 Å². The number of esters is 1. The number of carbonyl (C=O) groups is 1. The normalized spacial score (nSPS) is 14.5. The minimum absolute atomic E-state index is 0.127. The highest BCUT2D eigenvalue weighted by molar-refractivity contribution is 5.79. The quantitative estimate of drug-likeness (QED) is 0.102. The number of benzene rings is 2. The molecule has 1 aliphatic rings. The first-order chi connectivity index (χ1) is 22.4. The van der Waals surface area contributed by atoms with Crippen LogP contribution in [-0.2, 0) is 16.1 Å². The van der Waals surface area contributed by atoms with Crippen LogP contribution in [0.25, 0.3) is 11.0 Å². The smallest absolute Gasteiger partial charge is 0.307 e. The van der Waals surface area contributed by atoms with E-state index < -0.39 is 6.23 Å². The van der Waals surface area contributed by atoms with E-state index in [0.29, 0.717) is 18.9 Å². The molecule has 1 atom stereocenters. The lowest BCUT2D eigenvalue weighted by Gasteiger charge is -2.38. The fourth-order valence-electron chi connectivity index (χ4n) is 6.39. The number of carbonyl (C=O) groups excluding carboxylic acids is 1. The molecule has 5 rings (SSSR count). The molecule has 46 heavy (non-hydrogen) atoms. The van der Waals surface area contributed by atoms with Gasteiger partial charge in [0, 0.05) is 44.9 Å². The molecule has 2 aromatic carbocycles. The summed E-state index contributed by atoms with van der Waals surface area (Å²) >= 11 is 0. The van der Waals surface area contributed by atoms with Crippen molar-refractivity contribution in [3.05, 3.63) is 82.5 Å². The lowest BCUT2D eigenvalue weighted by molar-refractivity contribution is -0.152. The maximum Gasteiger partial charge on any atom is 0.307 e. The molecule has 0 aliphatic carbocycles. The second-order valence-electron chi connectivity index (χ2n) is 12.4. The predicted octanol–water partition coefficient (Wildman–Crippen LogP) is 7.09. The van der Waals surface area contributed by atoms with Crippen LogP contribution in [0.2, 0.25) is 0 Å². The fourth-order valence-corrected chi connectivity index (χ4v) is 6.39. The number of halogens is 1. The number of piperidine rings is 1. The van der Waals surface area contributed by atoms with Crippen LogP contribution >= 0.6 is 0 Å². The minimum Gasteiger partial charge on any atom is -0.441 e. The molecule has 1 unspecified atom stereocenters. The van der Waals surface area contributed by atoms with E-state index in [-0.39, 0.29) is 23.4 Å². The van der Waals surface area contributed by atoms with Gasteiger partial charge in [-0.1, -0.05) is 69.7 Å². The molecule has 9 nitrogen and oxygen atoms in total. The number of para-hydroxylation sites is 2. The number of aromatic nitrogens is 4. The van der Waals surface area contributed by atoms with Gasteiger partial charge in [0.2, 0.25) is 11.9 Å². The van der Waals surface area contributed by atoms with Crippen molar-refractivity contribution in [1.82, 2.24) is 19.1 Å². The number of anilines is 2. The number of ether oxygens (including phenoxy) is 1. The van der Waals surface area contributed by atoms with Crippen LogP contribution in [0.5, 0.6) is 0 Å². The zero-order valence-corrected chi connectivity index (χ0v) is 27.4. The van der Waals surface area contributed by atoms with Gasteiger partial charge in [-0.05, 0) is 56.0 Å². The summed E-state index contributed by atoms with van der Waals surface area (Å²) in [4.78, 5) is 39.6. The Labute approximate surface area is 271 Å². The number of hydrogen-bond acceptors (Lipinski definition) is 7. The second kappa shape index (κ2) is 15.9. The van der Waals surface area contributed by atoms with Crippen LogP contribution in [0.4, 0.5) is 16.3 Å². The second-order valence-corrected chi connectivity index (χ2v) is 12.4. The zero-order valence-electron chi connectivity index (χ0n) is 27.4. The highest BCUT2D eigenvalue weighted by atomic mass is 19.1. The predicted molar refractivity (Wildman–Crippen MR) is 181 cm³/mol. The number of imidazole rings is 1. The summed E-state index contributed by atoms with van der Waals surface area (Å²) < 4.78 is 23.0. The Bertz CT molecular complexity index is 1630. The summed E-state index contributed by atoms with van der Waals surface area (Å²) in [5.41, 5.74) is 2.71. The number of unbranched alkanes of at least 4 members (excludes halogenated alkanes) is 6. The van der Waals surface area contributed by atoms with Crippen LogP contribution in [-0.4, -0.2) is 51.3 Å². The molecular weight excluding hydrogens is 583 g/mol. The fraction of sp³-hybridized carbons (Fsp3) is 0.500. The molecule has 246 valence electrons. The Balaban J connectivity index is 1.23. The van der Waals surface area contributed by atoms with E-state index >= 15 is 0 Å². The van der Waals surface area contributed by atoms with Gasteiger partial charge < -0.3 is 19.1 Å². The summed E-state index contributed by atoms with van der Waals surface area (Å²) in [6.45, 7) is 6.06. The van der Waals surface area contributed by atoms with Gasteiger partial charge in [0.1, 0.15) is 5.82 Å². The molecule has 0 saturated carbocycles. The van der Waals surface area contributed by atoms with E-state index in [0.717, 1.165) is 67.7 Å². The average molecular weight is 631 g/mol. The SMILES string of the molecule is CCCCCCCCCC(=O)OC(C)n1c(N(C)C2CCN(c3nc4ccccc4n3Cc3ccc(F)cc3)CC2)nccc1=O. The Hall–Kier alpha value is -4.21. The largest absolute Gasteiger partial charge is 0.441 e. The summed E-state index contributed by atoms with van der Waals surface area (Å²) in [5.74, 6) is 0.843. The van der Waals surface area contributed by atoms with Crippen molar-refractivity contribution in [3.63, 3.8) is 0 Å². The lowest BCUT2D eigenvalue weighted by atomic mass is 10.0. The van der Waals surface area contributed by atoms with Gasteiger partial charge in [-0.2, -0.15) is 0 Å². The number of nitrogens with zero attached hydrogens (tertiary/aromatic N) is 6. The highest BCUT2D eigenvalue weighted by Gasteiger charge is 2.29. The Kier molecular flexibility index (Phi) is 11.4. The van der Waals surface area contributed by atoms with Crippen LogP contribution in [0.3, 0.4) is 0 Å². The minimum atomic E-state index is -0.762. The molecule has 3 heterocycles. The molecule has 2 aromatic heterocycles. The van der Waals surface area contributed by atoms with Gasteiger partial charge in [-0.15, -0.1) is 0 Å². The molecule has 1 saturated heterocycles. The van der Waals surface area contributed by atoms with Gasteiger partial charge in [-0.25, -0.2) is 18.9 Å². The van der Waals surface area contributed by atoms with Crippen LogP contribution < -0.4 is 15.4 Å². The summed E-state index contributed by atoms with van der Waals surface area (Å²) in [6.07, 6.45) is 10.6. The first kappa shape index (κ1) is 33.2. The van der Waals surface area contributed by atoms with E-state index in [1.165, 1.54) is 54.6 Å². The van der Waals surface area contributed by atoms with Gasteiger partial charge in [0.05, 0.1) is 17.6 Å². The number of rotatable bonds is 15. The average Bonchev–Trinajstić information content (AvgIpc) is 3.43. The molecular formula is C36H47FN6O3. The molecule has 1 fully saturated rings. The topological polar surface area (TPSA) is 85.5 Å². The van der Waals surface area contributed by atoms with Crippen molar-refractivity contribution in [1.29, 1.82) is 0 Å². The molecule has 0 amide bonds. The van der Waals surface area contributed by atoms with Crippen molar-refractivity contribution < 1.29 is 13.9 Å². The third-order valence-corrected chi connectivity index (χ3v) is 9.01. The first-order valence-electron chi connectivity index (χ1n) is 16.8. The molecule has 0 spiro atoms. The van der Waals surface area contributed by atoms with Crippen LogP contribution in [0, 0.1) is 5.82 Å². The molecule has 0 radical (unpaired) electrons. The summed E-state index contributed by atoms with van der Waals surface area (Å²) in [6, 6.07) is 16.2. The highest BCUT2D eigenvalue weighted by Crippen LogP contribution is 2.29. The van der Waals surface area contributed by atoms with Crippen molar-refractivity contribution in [2.45, 2.75) is 96.9 Å². The van der Waals surface area contributed by atoms with Crippen molar-refractivity contribution in [2.75, 3.05) is 29.9 Å². The Morgan fingerprint density at radius 2 is 1.70 bits per heavy atom. The molecule has 0 N–H and O–H groups in total. The van der Waals surface area contributed by atoms with Crippen LogP contribution in [0.1, 0.15) is 89.8 Å². The van der Waals surface area contributed by atoms with Gasteiger partial charge >= 0.3 is 5.97 Å². The molecule has 4 aromatic rings. The van der Waals surface area contributed by atoms with Crippen LogP contribution in [0.15, 0.2) is 65.6 Å². The molecule has 1 aliphatic heterocycles.